The molecule has 2 heterocycles. The Kier molecular flexibility index (Phi) is 3.17. The van der Waals surface area contributed by atoms with Gasteiger partial charge in [-0.2, -0.15) is 0 Å². The molecule has 0 aromatic carbocycles. The molecule has 2 saturated heterocycles. The van der Waals surface area contributed by atoms with Crippen molar-refractivity contribution in [3.63, 3.8) is 0 Å². The average Bonchev–Trinajstić information content (AvgIpc) is 2.99. The third-order valence-electron chi connectivity index (χ3n) is 4.14. The van der Waals surface area contributed by atoms with E-state index in [1.807, 2.05) is 0 Å². The van der Waals surface area contributed by atoms with Crippen molar-refractivity contribution in [2.45, 2.75) is 50.3 Å². The van der Waals surface area contributed by atoms with E-state index >= 15 is 0 Å². The first-order valence-corrected chi connectivity index (χ1v) is 8.54. The maximum absolute atomic E-state index is 11.6. The average molecular weight is 259 g/mol. The fraction of sp³-hybridized carbons (Fsp3) is 1.00. The van der Waals surface area contributed by atoms with Crippen molar-refractivity contribution in [2.75, 3.05) is 18.1 Å². The molecule has 98 valence electrons. The first kappa shape index (κ1) is 11.9. The first-order valence-electron chi connectivity index (χ1n) is 6.72. The molecule has 2 aliphatic heterocycles. The molecule has 0 amide bonds. The minimum Gasteiger partial charge on any atom is -0.376 e. The van der Waals surface area contributed by atoms with E-state index in [4.69, 9.17) is 4.74 Å². The number of nitrogens with one attached hydrogen (secondary N) is 1. The quantitative estimate of drug-likeness (QED) is 0.811. The van der Waals surface area contributed by atoms with Crippen LogP contribution in [0, 0.1) is 5.92 Å². The number of hydrogen-bond donors (Lipinski definition) is 1. The molecule has 4 nitrogen and oxygen atoms in total. The molecule has 1 saturated carbocycles. The summed E-state index contributed by atoms with van der Waals surface area (Å²) in [6, 6.07) is 0.544. The molecule has 3 rings (SSSR count). The topological polar surface area (TPSA) is 55.4 Å². The fourth-order valence-electron chi connectivity index (χ4n) is 3.14. The second kappa shape index (κ2) is 4.52. The van der Waals surface area contributed by atoms with Crippen LogP contribution < -0.4 is 5.32 Å². The normalized spacial score (nSPS) is 41.5. The summed E-state index contributed by atoms with van der Waals surface area (Å²) in [4.78, 5) is 0. The highest BCUT2D eigenvalue weighted by Crippen LogP contribution is 2.39. The summed E-state index contributed by atoms with van der Waals surface area (Å²) in [5.74, 6) is 1.43. The van der Waals surface area contributed by atoms with Crippen LogP contribution in [0.4, 0.5) is 0 Å². The van der Waals surface area contributed by atoms with Crippen molar-refractivity contribution in [1.29, 1.82) is 0 Å². The molecular weight excluding hydrogens is 238 g/mol. The lowest BCUT2D eigenvalue weighted by molar-refractivity contribution is 0.0790. The van der Waals surface area contributed by atoms with Gasteiger partial charge in [-0.3, -0.25) is 0 Å². The smallest absolute Gasteiger partial charge is 0.151 e. The Balaban J connectivity index is 1.58. The monoisotopic (exact) mass is 259 g/mol. The van der Waals surface area contributed by atoms with Crippen LogP contribution in [0.2, 0.25) is 0 Å². The van der Waals surface area contributed by atoms with Gasteiger partial charge in [0.05, 0.1) is 17.6 Å². The molecule has 1 aliphatic carbocycles. The van der Waals surface area contributed by atoms with Gasteiger partial charge in [-0.25, -0.2) is 8.42 Å². The molecular formula is C12H21NO3S. The highest BCUT2D eigenvalue weighted by atomic mass is 32.2. The second-order valence-corrected chi connectivity index (χ2v) is 7.92. The Morgan fingerprint density at radius 2 is 1.94 bits per heavy atom. The molecule has 0 aromatic heterocycles. The predicted molar refractivity (Wildman–Crippen MR) is 65.7 cm³/mol. The summed E-state index contributed by atoms with van der Waals surface area (Å²) in [5, 5.41) is 3.54. The van der Waals surface area contributed by atoms with E-state index in [0.717, 1.165) is 31.8 Å². The van der Waals surface area contributed by atoms with Crippen molar-refractivity contribution in [1.82, 2.24) is 5.32 Å². The van der Waals surface area contributed by atoms with E-state index < -0.39 is 9.84 Å². The Labute approximate surface area is 103 Å². The molecule has 0 spiro atoms. The Hall–Kier alpha value is -0.130. The molecule has 3 atom stereocenters. The number of ether oxygens (including phenoxy) is 1. The zero-order valence-electron chi connectivity index (χ0n) is 10.1. The number of sulfone groups is 1. The third kappa shape index (κ3) is 2.83. The number of hydrogen-bond acceptors (Lipinski definition) is 4. The molecule has 0 aromatic rings. The third-order valence-corrected chi connectivity index (χ3v) is 5.96. The van der Waals surface area contributed by atoms with Gasteiger partial charge in [-0.05, 0) is 38.0 Å². The molecule has 17 heavy (non-hydrogen) atoms. The zero-order chi connectivity index (χ0) is 11.9. The maximum Gasteiger partial charge on any atom is 0.151 e. The Morgan fingerprint density at radius 3 is 2.65 bits per heavy atom. The summed E-state index contributed by atoms with van der Waals surface area (Å²) >= 11 is 0. The van der Waals surface area contributed by atoms with E-state index in [1.54, 1.807) is 0 Å². The largest absolute Gasteiger partial charge is 0.376 e. The molecule has 5 heteroatoms. The molecule has 3 unspecified atom stereocenters. The lowest BCUT2D eigenvalue weighted by atomic mass is 10.0. The highest BCUT2D eigenvalue weighted by molar-refractivity contribution is 7.91. The summed E-state index contributed by atoms with van der Waals surface area (Å²) in [6.07, 6.45) is 5.75. The van der Waals surface area contributed by atoms with Gasteiger partial charge in [-0.15, -0.1) is 0 Å². The van der Waals surface area contributed by atoms with E-state index in [-0.39, 0.29) is 6.04 Å². The lowest BCUT2D eigenvalue weighted by Gasteiger charge is -2.28. The van der Waals surface area contributed by atoms with Gasteiger partial charge in [0, 0.05) is 18.7 Å². The van der Waals surface area contributed by atoms with Gasteiger partial charge in [0.25, 0.3) is 0 Å². The van der Waals surface area contributed by atoms with Crippen LogP contribution in [-0.4, -0.2) is 44.7 Å². The van der Waals surface area contributed by atoms with E-state index in [1.165, 1.54) is 12.8 Å². The van der Waals surface area contributed by atoms with Gasteiger partial charge in [0.15, 0.2) is 9.84 Å². The fourth-order valence-corrected chi connectivity index (χ4v) is 4.79. The summed E-state index contributed by atoms with van der Waals surface area (Å²) < 4.78 is 29.0. The summed E-state index contributed by atoms with van der Waals surface area (Å²) in [7, 11) is -2.80. The lowest BCUT2D eigenvalue weighted by Crippen LogP contribution is -2.48. The van der Waals surface area contributed by atoms with Crippen LogP contribution in [0.25, 0.3) is 0 Å². The number of rotatable bonds is 3. The minimum atomic E-state index is -2.80. The summed E-state index contributed by atoms with van der Waals surface area (Å²) in [5.41, 5.74) is 0. The Bertz CT molecular complexity index is 377. The zero-order valence-corrected chi connectivity index (χ0v) is 10.9. The van der Waals surface area contributed by atoms with Crippen LogP contribution in [0.15, 0.2) is 0 Å². The van der Waals surface area contributed by atoms with E-state index in [0.29, 0.717) is 23.7 Å². The minimum absolute atomic E-state index is 0.154. The van der Waals surface area contributed by atoms with Crippen LogP contribution in [0.1, 0.15) is 32.1 Å². The van der Waals surface area contributed by atoms with E-state index in [2.05, 4.69) is 5.32 Å². The van der Waals surface area contributed by atoms with Gasteiger partial charge < -0.3 is 10.1 Å². The maximum atomic E-state index is 11.6. The molecule has 0 radical (unpaired) electrons. The molecule has 3 aliphatic rings. The van der Waals surface area contributed by atoms with Crippen molar-refractivity contribution < 1.29 is 13.2 Å². The van der Waals surface area contributed by atoms with Gasteiger partial charge in [0.1, 0.15) is 0 Å². The van der Waals surface area contributed by atoms with Crippen LogP contribution in [-0.2, 0) is 14.6 Å². The van der Waals surface area contributed by atoms with Crippen molar-refractivity contribution >= 4 is 9.84 Å². The van der Waals surface area contributed by atoms with Gasteiger partial charge in [0.2, 0.25) is 0 Å². The molecule has 1 N–H and O–H groups in total. The Morgan fingerprint density at radius 1 is 1.12 bits per heavy atom. The molecule has 0 bridgehead atoms. The van der Waals surface area contributed by atoms with Crippen molar-refractivity contribution in [2.24, 2.45) is 5.92 Å². The summed E-state index contributed by atoms with van der Waals surface area (Å²) in [6.45, 7) is 0.832. The second-order valence-electron chi connectivity index (χ2n) is 5.69. The van der Waals surface area contributed by atoms with E-state index in [9.17, 15) is 8.42 Å². The van der Waals surface area contributed by atoms with Crippen LogP contribution >= 0.6 is 0 Å². The van der Waals surface area contributed by atoms with Gasteiger partial charge in [-0.1, -0.05) is 0 Å². The molecule has 3 fully saturated rings. The standard InChI is InChI=1S/C12H21NO3S/c14-17(15)7-1-2-10(8-17)13-11-5-6-16-12(11)9-3-4-9/h9-13H,1-8H2. The van der Waals surface area contributed by atoms with Gasteiger partial charge >= 0.3 is 0 Å². The first-order chi connectivity index (χ1) is 8.14. The van der Waals surface area contributed by atoms with Crippen molar-refractivity contribution in [3.05, 3.63) is 0 Å². The van der Waals surface area contributed by atoms with Crippen LogP contribution in [0.5, 0.6) is 0 Å². The van der Waals surface area contributed by atoms with Crippen LogP contribution in [0.3, 0.4) is 0 Å². The SMILES string of the molecule is O=S1(=O)CCCC(NC2CCOC2C2CC2)C1. The highest BCUT2D eigenvalue weighted by Gasteiger charge is 2.41. The predicted octanol–water partition coefficient (Wildman–Crippen LogP) is 0.721. The van der Waals surface area contributed by atoms with Crippen molar-refractivity contribution in [3.8, 4) is 0 Å².